The average Bonchev–Trinajstić information content (AvgIpc) is 3.56. The maximum atomic E-state index is 5.85. The van der Waals surface area contributed by atoms with E-state index < -0.39 is 8.07 Å². The Morgan fingerprint density at radius 1 is 0.604 bits per heavy atom. The minimum Gasteiger partial charge on any atom is -0.500 e. The molecule has 0 saturated heterocycles. The van der Waals surface area contributed by atoms with Crippen LogP contribution in [0.25, 0.3) is 55.6 Å². The molecule has 5 heteroatoms. The predicted octanol–water partition coefficient (Wildman–Crippen LogP) is 12.5. The summed E-state index contributed by atoms with van der Waals surface area (Å²) in [6, 6.07) is 52.9. The second kappa shape index (κ2) is 16.4. The van der Waals surface area contributed by atoms with Gasteiger partial charge in [-0.15, -0.1) is 59.2 Å². The first-order valence-corrected chi connectivity index (χ1v) is 21.6. The number of fused-ring (bicyclic) bond motifs is 3. The van der Waals surface area contributed by atoms with Crippen LogP contribution in [0.15, 0.2) is 150 Å². The Morgan fingerprint density at radius 3 is 2.02 bits per heavy atom. The molecule has 0 aliphatic rings. The van der Waals surface area contributed by atoms with Crippen LogP contribution in [0.2, 0.25) is 19.6 Å². The molecule has 1 radical (unpaired) electrons. The maximum Gasteiger partial charge on any atom is 0.120 e. The van der Waals surface area contributed by atoms with Crippen molar-refractivity contribution in [3.63, 3.8) is 0 Å². The number of furan rings is 1. The van der Waals surface area contributed by atoms with Crippen LogP contribution in [0.4, 0.5) is 0 Å². The van der Waals surface area contributed by atoms with E-state index in [-0.39, 0.29) is 20.1 Å². The number of nitrogens with zero attached hydrogens (tertiary/aromatic N) is 2. The van der Waals surface area contributed by atoms with E-state index in [2.05, 4.69) is 161 Å². The molecule has 0 spiro atoms. The van der Waals surface area contributed by atoms with Crippen molar-refractivity contribution in [1.82, 2.24) is 9.97 Å². The zero-order valence-corrected chi connectivity index (χ0v) is 34.5. The van der Waals surface area contributed by atoms with Crippen molar-refractivity contribution in [2.45, 2.75) is 52.2 Å². The first-order valence-electron chi connectivity index (χ1n) is 18.1. The Labute approximate surface area is 328 Å². The Bertz CT molecular complexity index is 2450. The Morgan fingerprint density at radius 2 is 1.28 bits per heavy atom. The number of pyridine rings is 2. The van der Waals surface area contributed by atoms with Crippen molar-refractivity contribution in [3.05, 3.63) is 175 Å². The van der Waals surface area contributed by atoms with Crippen molar-refractivity contribution in [2.75, 3.05) is 0 Å². The number of aromatic nitrogens is 2. The summed E-state index contributed by atoms with van der Waals surface area (Å²) in [7, 11) is -1.53. The minimum absolute atomic E-state index is 0. The zero-order valence-electron chi connectivity index (χ0n) is 31.1. The molecule has 0 aliphatic carbocycles. The van der Waals surface area contributed by atoms with Crippen molar-refractivity contribution in [3.8, 4) is 33.6 Å². The molecule has 0 fully saturated rings. The maximum absolute atomic E-state index is 5.85. The van der Waals surface area contributed by atoms with Gasteiger partial charge in [0, 0.05) is 43.8 Å². The molecule has 3 nitrogen and oxygen atoms in total. The molecule has 0 bridgehead atoms. The van der Waals surface area contributed by atoms with E-state index in [4.69, 9.17) is 9.40 Å². The Kier molecular flexibility index (Phi) is 11.7. The molecule has 0 N–H and O–H groups in total. The van der Waals surface area contributed by atoms with Crippen LogP contribution in [0.5, 0.6) is 0 Å². The third-order valence-electron chi connectivity index (χ3n) is 9.73. The predicted molar refractivity (Wildman–Crippen MR) is 221 cm³/mol. The van der Waals surface area contributed by atoms with Gasteiger partial charge in [0.15, 0.2) is 0 Å². The van der Waals surface area contributed by atoms with E-state index in [1.807, 2.05) is 42.6 Å². The summed E-state index contributed by atoms with van der Waals surface area (Å²) in [5, 5.41) is 3.68. The molecule has 0 amide bonds. The van der Waals surface area contributed by atoms with Gasteiger partial charge in [-0.1, -0.05) is 142 Å². The van der Waals surface area contributed by atoms with Crippen molar-refractivity contribution in [2.24, 2.45) is 0 Å². The monoisotopic (exact) mass is 885 g/mol. The van der Waals surface area contributed by atoms with Gasteiger partial charge in [0.1, 0.15) is 5.58 Å². The van der Waals surface area contributed by atoms with Crippen molar-refractivity contribution in [1.29, 1.82) is 0 Å². The van der Waals surface area contributed by atoms with E-state index in [0.29, 0.717) is 11.8 Å². The smallest absolute Gasteiger partial charge is 0.120 e. The Balaban J connectivity index is 0.000000186. The van der Waals surface area contributed by atoms with Gasteiger partial charge in [-0.2, -0.15) is 0 Å². The molecule has 0 aliphatic heterocycles. The molecular formula is C48H44IrN2OSi-2. The second-order valence-electron chi connectivity index (χ2n) is 14.7. The van der Waals surface area contributed by atoms with E-state index in [1.165, 1.54) is 33.0 Å². The fraction of sp³-hybridized carbons (Fsp3) is 0.167. The fourth-order valence-corrected chi connectivity index (χ4v) is 8.33. The standard InChI is InChI=1S/C28H28NSi.C20H16NO.Ir/c1-21(22-12-7-5-8-13-22)26-19-27(29-20-28(26)30(2,3)4)25-17-11-16-24(18-25)23-14-9-6-10-15-23;1-13(2)14-9-10-21-18(12-14)15-7-8-20-17(11-15)16-5-3-4-6-19(16)22-20;/h5-16,18-21H,1-4H3;3-6,8-13H,1-2H3;/q2*-1;. The van der Waals surface area contributed by atoms with E-state index in [0.717, 1.165) is 44.5 Å². The molecule has 1 atom stereocenters. The van der Waals surface area contributed by atoms with Crippen LogP contribution >= 0.6 is 0 Å². The summed E-state index contributed by atoms with van der Waals surface area (Å²) in [5.41, 5.74) is 12.2. The van der Waals surface area contributed by atoms with Gasteiger partial charge in [0.2, 0.25) is 0 Å². The van der Waals surface area contributed by atoms with Crippen LogP contribution in [-0.4, -0.2) is 18.0 Å². The van der Waals surface area contributed by atoms with Gasteiger partial charge in [-0.05, 0) is 51.3 Å². The largest absolute Gasteiger partial charge is 0.500 e. The van der Waals surface area contributed by atoms with Gasteiger partial charge in [-0.25, -0.2) is 0 Å². The molecule has 0 saturated carbocycles. The van der Waals surface area contributed by atoms with E-state index >= 15 is 0 Å². The third-order valence-corrected chi connectivity index (χ3v) is 11.8. The quantitative estimate of drug-likeness (QED) is 0.118. The average molecular weight is 885 g/mol. The molecule has 8 rings (SSSR count). The number of hydrogen-bond donors (Lipinski definition) is 0. The van der Waals surface area contributed by atoms with Crippen LogP contribution in [0.3, 0.4) is 0 Å². The number of benzene rings is 5. The van der Waals surface area contributed by atoms with E-state index in [1.54, 1.807) is 0 Å². The van der Waals surface area contributed by atoms with Gasteiger partial charge >= 0.3 is 0 Å². The summed E-state index contributed by atoms with van der Waals surface area (Å²) in [6.07, 6.45) is 4.00. The summed E-state index contributed by atoms with van der Waals surface area (Å²) in [4.78, 5) is 9.39. The summed E-state index contributed by atoms with van der Waals surface area (Å²) < 4.78 is 5.85. The van der Waals surface area contributed by atoms with Crippen molar-refractivity contribution < 1.29 is 24.5 Å². The van der Waals surface area contributed by atoms with Gasteiger partial charge in [-0.3, -0.25) is 0 Å². The fourth-order valence-electron chi connectivity index (χ4n) is 6.72. The van der Waals surface area contributed by atoms with Crippen LogP contribution in [0, 0.1) is 12.1 Å². The number of hydrogen-bond acceptors (Lipinski definition) is 3. The van der Waals surface area contributed by atoms with Crippen LogP contribution in [0.1, 0.15) is 49.3 Å². The Hall–Kier alpha value is -4.93. The molecule has 1 unspecified atom stereocenters. The van der Waals surface area contributed by atoms with Crippen LogP contribution < -0.4 is 5.19 Å². The third kappa shape index (κ3) is 8.50. The van der Waals surface area contributed by atoms with Crippen molar-refractivity contribution >= 4 is 35.2 Å². The molecular weight excluding hydrogens is 841 g/mol. The minimum atomic E-state index is -1.53. The number of para-hydroxylation sites is 1. The molecule has 5 aromatic carbocycles. The van der Waals surface area contributed by atoms with Gasteiger partial charge in [0.25, 0.3) is 0 Å². The number of rotatable bonds is 7. The zero-order chi connectivity index (χ0) is 36.2. The topological polar surface area (TPSA) is 38.9 Å². The molecule has 8 aromatic rings. The first-order chi connectivity index (χ1) is 25.2. The second-order valence-corrected chi connectivity index (χ2v) is 19.8. The normalized spacial score (nSPS) is 11.9. The van der Waals surface area contributed by atoms with Gasteiger partial charge in [0.05, 0.1) is 13.7 Å². The van der Waals surface area contributed by atoms with Crippen LogP contribution in [-0.2, 0) is 20.1 Å². The SMILES string of the molecule is CC(C)c1ccnc(-c2[c-]cc3oc4ccccc4c3c2)c1.CC(c1ccccc1)c1cc(-c2[c-]ccc(-c3ccccc3)c2)ncc1[Si](C)(C)C.[Ir]. The first kappa shape index (κ1) is 37.8. The summed E-state index contributed by atoms with van der Waals surface area (Å²) in [6.45, 7) is 13.9. The molecule has 3 heterocycles. The molecule has 53 heavy (non-hydrogen) atoms. The van der Waals surface area contributed by atoms with E-state index in [9.17, 15) is 0 Å². The molecule has 267 valence electrons. The summed E-state index contributed by atoms with van der Waals surface area (Å²) >= 11 is 0. The van der Waals surface area contributed by atoms with Gasteiger partial charge < -0.3 is 14.4 Å². The summed E-state index contributed by atoms with van der Waals surface area (Å²) in [5.74, 6) is 0.812. The molecule has 3 aromatic heterocycles.